The van der Waals surface area contributed by atoms with Gasteiger partial charge in [0.2, 0.25) is 0 Å². The molecule has 6 nitrogen and oxygen atoms in total. The SMILES string of the molecule is COCC(O)CN(C)Cc1cccc(NN)n1. The predicted octanol–water partition coefficient (Wildman–Crippen LogP) is -0.194. The van der Waals surface area contributed by atoms with Crippen molar-refractivity contribution in [3.05, 3.63) is 23.9 Å². The second kappa shape index (κ2) is 7.18. The van der Waals surface area contributed by atoms with E-state index in [-0.39, 0.29) is 0 Å². The van der Waals surface area contributed by atoms with Crippen molar-refractivity contribution < 1.29 is 9.84 Å². The molecule has 0 radical (unpaired) electrons. The Balaban J connectivity index is 2.46. The van der Waals surface area contributed by atoms with Crippen LogP contribution in [0.25, 0.3) is 0 Å². The van der Waals surface area contributed by atoms with Crippen molar-refractivity contribution in [3.8, 4) is 0 Å². The number of aromatic nitrogens is 1. The van der Waals surface area contributed by atoms with E-state index in [0.29, 0.717) is 25.5 Å². The Morgan fingerprint density at radius 2 is 2.35 bits per heavy atom. The van der Waals surface area contributed by atoms with Crippen LogP contribution in [-0.4, -0.2) is 48.4 Å². The number of nitrogens with one attached hydrogen (secondary N) is 1. The molecule has 0 fully saturated rings. The van der Waals surface area contributed by atoms with Crippen LogP contribution in [0.1, 0.15) is 5.69 Å². The molecule has 1 rings (SSSR count). The van der Waals surface area contributed by atoms with E-state index in [2.05, 4.69) is 10.4 Å². The predicted molar refractivity (Wildman–Crippen MR) is 66.3 cm³/mol. The Hall–Kier alpha value is -1.21. The number of rotatable bonds is 7. The van der Waals surface area contributed by atoms with E-state index in [1.165, 1.54) is 0 Å². The van der Waals surface area contributed by atoms with Gasteiger partial charge < -0.3 is 15.3 Å². The van der Waals surface area contributed by atoms with Gasteiger partial charge in [0.1, 0.15) is 5.82 Å². The van der Waals surface area contributed by atoms with E-state index in [1.54, 1.807) is 13.2 Å². The van der Waals surface area contributed by atoms with Gasteiger partial charge in [0.05, 0.1) is 18.4 Å². The van der Waals surface area contributed by atoms with Gasteiger partial charge in [-0.25, -0.2) is 10.8 Å². The molecule has 0 aliphatic heterocycles. The molecule has 0 amide bonds. The molecule has 1 aromatic rings. The Kier molecular flexibility index (Phi) is 5.85. The summed E-state index contributed by atoms with van der Waals surface area (Å²) < 4.78 is 4.87. The van der Waals surface area contributed by atoms with E-state index in [9.17, 15) is 5.11 Å². The molecule has 96 valence electrons. The number of methoxy groups -OCH3 is 1. The van der Waals surface area contributed by atoms with Gasteiger partial charge in [-0.3, -0.25) is 4.90 Å². The second-order valence-corrected chi connectivity index (χ2v) is 3.96. The fourth-order valence-corrected chi connectivity index (χ4v) is 1.59. The molecule has 1 atom stereocenters. The number of hydrazine groups is 1. The first kappa shape index (κ1) is 13.9. The van der Waals surface area contributed by atoms with Crippen LogP contribution in [0.4, 0.5) is 5.82 Å². The van der Waals surface area contributed by atoms with Crippen molar-refractivity contribution in [2.45, 2.75) is 12.6 Å². The van der Waals surface area contributed by atoms with Crippen LogP contribution in [0.3, 0.4) is 0 Å². The van der Waals surface area contributed by atoms with E-state index >= 15 is 0 Å². The van der Waals surface area contributed by atoms with E-state index in [4.69, 9.17) is 10.6 Å². The van der Waals surface area contributed by atoms with Crippen LogP contribution in [0.15, 0.2) is 18.2 Å². The molecule has 17 heavy (non-hydrogen) atoms. The van der Waals surface area contributed by atoms with Gasteiger partial charge in [0.25, 0.3) is 0 Å². The number of hydrogen-bond donors (Lipinski definition) is 3. The van der Waals surface area contributed by atoms with Gasteiger partial charge in [-0.05, 0) is 19.2 Å². The minimum absolute atomic E-state index is 0.335. The first-order valence-corrected chi connectivity index (χ1v) is 5.43. The Morgan fingerprint density at radius 1 is 1.59 bits per heavy atom. The molecule has 1 aromatic heterocycles. The third kappa shape index (κ3) is 5.10. The molecule has 0 saturated heterocycles. The van der Waals surface area contributed by atoms with Gasteiger partial charge in [-0.15, -0.1) is 0 Å². The quantitative estimate of drug-likeness (QED) is 0.452. The van der Waals surface area contributed by atoms with Gasteiger partial charge in [0, 0.05) is 20.2 Å². The smallest absolute Gasteiger partial charge is 0.140 e. The number of ether oxygens (including phenoxy) is 1. The van der Waals surface area contributed by atoms with Crippen molar-refractivity contribution in [1.82, 2.24) is 9.88 Å². The summed E-state index contributed by atoms with van der Waals surface area (Å²) in [6.45, 7) is 1.52. The standard InChI is InChI=1S/C11H20N4O2/c1-15(7-10(16)8-17-2)6-9-4-3-5-11(13-9)14-12/h3-5,10,16H,6-8,12H2,1-2H3,(H,13,14). The lowest BCUT2D eigenvalue weighted by atomic mass is 10.3. The summed E-state index contributed by atoms with van der Waals surface area (Å²) in [7, 11) is 3.49. The molecular formula is C11H20N4O2. The maximum atomic E-state index is 9.58. The number of nitrogens with two attached hydrogens (primary N) is 1. The number of pyridine rings is 1. The van der Waals surface area contributed by atoms with Gasteiger partial charge in [-0.2, -0.15) is 0 Å². The number of nitrogens with zero attached hydrogens (tertiary/aromatic N) is 2. The largest absolute Gasteiger partial charge is 0.389 e. The van der Waals surface area contributed by atoms with E-state index < -0.39 is 6.10 Å². The summed E-state index contributed by atoms with van der Waals surface area (Å²) in [5, 5.41) is 9.58. The van der Waals surface area contributed by atoms with Gasteiger partial charge in [0.15, 0.2) is 0 Å². The second-order valence-electron chi connectivity index (χ2n) is 3.96. The Labute approximate surface area is 101 Å². The number of nitrogen functional groups attached to an aromatic ring is 1. The van der Waals surface area contributed by atoms with Crippen molar-refractivity contribution in [2.24, 2.45) is 5.84 Å². The molecule has 6 heteroatoms. The zero-order valence-electron chi connectivity index (χ0n) is 10.3. The molecule has 0 bridgehead atoms. The van der Waals surface area contributed by atoms with Gasteiger partial charge in [-0.1, -0.05) is 6.07 Å². The average Bonchev–Trinajstić information content (AvgIpc) is 2.29. The third-order valence-corrected chi connectivity index (χ3v) is 2.27. The summed E-state index contributed by atoms with van der Waals surface area (Å²) in [4.78, 5) is 6.27. The molecule has 1 unspecified atom stereocenters. The number of anilines is 1. The fraction of sp³-hybridized carbons (Fsp3) is 0.545. The molecular weight excluding hydrogens is 220 g/mol. The highest BCUT2D eigenvalue weighted by molar-refractivity contribution is 5.33. The summed E-state index contributed by atoms with van der Waals surface area (Å²) in [5.74, 6) is 5.92. The third-order valence-electron chi connectivity index (χ3n) is 2.27. The molecule has 1 heterocycles. The maximum Gasteiger partial charge on any atom is 0.140 e. The Morgan fingerprint density at radius 3 is 3.00 bits per heavy atom. The fourth-order valence-electron chi connectivity index (χ4n) is 1.59. The topological polar surface area (TPSA) is 83.6 Å². The summed E-state index contributed by atoms with van der Waals surface area (Å²) in [6.07, 6.45) is -0.485. The summed E-state index contributed by atoms with van der Waals surface area (Å²) in [5.41, 5.74) is 3.40. The number of hydrogen-bond acceptors (Lipinski definition) is 6. The molecule has 0 saturated carbocycles. The number of aliphatic hydroxyl groups is 1. The van der Waals surface area contributed by atoms with Crippen LogP contribution >= 0.6 is 0 Å². The minimum atomic E-state index is -0.485. The number of likely N-dealkylation sites (N-methyl/N-ethyl adjacent to an activating group) is 1. The van der Waals surface area contributed by atoms with Gasteiger partial charge >= 0.3 is 0 Å². The van der Waals surface area contributed by atoms with Crippen LogP contribution in [0, 0.1) is 0 Å². The zero-order valence-corrected chi connectivity index (χ0v) is 10.3. The van der Waals surface area contributed by atoms with Crippen molar-refractivity contribution >= 4 is 5.82 Å². The lowest BCUT2D eigenvalue weighted by Gasteiger charge is -2.19. The highest BCUT2D eigenvalue weighted by Gasteiger charge is 2.08. The van der Waals surface area contributed by atoms with Crippen LogP contribution in [0.5, 0.6) is 0 Å². The summed E-state index contributed by atoms with van der Waals surface area (Å²) >= 11 is 0. The lowest BCUT2D eigenvalue weighted by molar-refractivity contribution is 0.0417. The van der Waals surface area contributed by atoms with Crippen molar-refractivity contribution in [1.29, 1.82) is 0 Å². The average molecular weight is 240 g/mol. The van der Waals surface area contributed by atoms with Crippen LogP contribution < -0.4 is 11.3 Å². The molecule has 0 aliphatic carbocycles. The molecule has 4 N–H and O–H groups in total. The van der Waals surface area contributed by atoms with E-state index in [1.807, 2.05) is 24.1 Å². The van der Waals surface area contributed by atoms with Crippen LogP contribution in [0.2, 0.25) is 0 Å². The number of aliphatic hydroxyl groups excluding tert-OH is 1. The van der Waals surface area contributed by atoms with Crippen LogP contribution in [-0.2, 0) is 11.3 Å². The maximum absolute atomic E-state index is 9.58. The highest BCUT2D eigenvalue weighted by atomic mass is 16.5. The molecule has 0 aliphatic rings. The lowest BCUT2D eigenvalue weighted by Crippen LogP contribution is -2.31. The van der Waals surface area contributed by atoms with Crippen molar-refractivity contribution in [2.75, 3.05) is 32.7 Å². The van der Waals surface area contributed by atoms with Crippen molar-refractivity contribution in [3.63, 3.8) is 0 Å². The normalized spacial score (nSPS) is 12.8. The monoisotopic (exact) mass is 240 g/mol. The first-order chi connectivity index (χ1) is 8.15. The zero-order chi connectivity index (χ0) is 12.7. The minimum Gasteiger partial charge on any atom is -0.389 e. The first-order valence-electron chi connectivity index (χ1n) is 5.43. The van der Waals surface area contributed by atoms with E-state index in [0.717, 1.165) is 5.69 Å². The molecule has 0 aromatic carbocycles. The summed E-state index contributed by atoms with van der Waals surface area (Å²) in [6, 6.07) is 5.60. The highest BCUT2D eigenvalue weighted by Crippen LogP contribution is 2.05. The Bertz CT molecular complexity index is 335. The molecule has 0 spiro atoms.